The molecule has 120 valence electrons. The summed E-state index contributed by atoms with van der Waals surface area (Å²) in [5.74, 6) is -0.263. The molecule has 0 atom stereocenters. The summed E-state index contributed by atoms with van der Waals surface area (Å²) in [4.78, 5) is 24.0. The van der Waals surface area contributed by atoms with Crippen molar-refractivity contribution in [2.45, 2.75) is 12.8 Å². The zero-order valence-electron chi connectivity index (χ0n) is 12.8. The van der Waals surface area contributed by atoms with Gasteiger partial charge in [0.1, 0.15) is 6.33 Å². The lowest BCUT2D eigenvalue weighted by Crippen LogP contribution is -2.13. The van der Waals surface area contributed by atoms with Crippen molar-refractivity contribution in [1.29, 1.82) is 0 Å². The van der Waals surface area contributed by atoms with Gasteiger partial charge in [0.25, 0.3) is 0 Å². The van der Waals surface area contributed by atoms with Crippen LogP contribution in [0.1, 0.15) is 23.2 Å². The van der Waals surface area contributed by atoms with Crippen LogP contribution < -0.4 is 5.32 Å². The summed E-state index contributed by atoms with van der Waals surface area (Å²) in [5, 5.41) is 13.7. The molecule has 3 aromatic rings. The van der Waals surface area contributed by atoms with Gasteiger partial charge in [-0.3, -0.25) is 9.59 Å². The van der Waals surface area contributed by atoms with Gasteiger partial charge in [0.2, 0.25) is 5.91 Å². The van der Waals surface area contributed by atoms with E-state index in [1.54, 1.807) is 42.5 Å². The molecular formula is C17H15N5O2. The van der Waals surface area contributed by atoms with E-state index in [2.05, 4.69) is 20.8 Å². The van der Waals surface area contributed by atoms with Crippen LogP contribution in [0.25, 0.3) is 5.69 Å². The van der Waals surface area contributed by atoms with Crippen LogP contribution in [-0.4, -0.2) is 31.9 Å². The van der Waals surface area contributed by atoms with Crippen LogP contribution in [0.3, 0.4) is 0 Å². The van der Waals surface area contributed by atoms with E-state index in [-0.39, 0.29) is 24.5 Å². The van der Waals surface area contributed by atoms with E-state index in [4.69, 9.17) is 0 Å². The van der Waals surface area contributed by atoms with E-state index in [9.17, 15) is 9.59 Å². The minimum absolute atomic E-state index is 0.0480. The fraction of sp³-hybridized carbons (Fsp3) is 0.118. The number of aromatic nitrogens is 4. The monoisotopic (exact) mass is 321 g/mol. The van der Waals surface area contributed by atoms with Crippen LogP contribution in [0.15, 0.2) is 60.9 Å². The lowest BCUT2D eigenvalue weighted by Gasteiger charge is -2.07. The molecular weight excluding hydrogens is 306 g/mol. The summed E-state index contributed by atoms with van der Waals surface area (Å²) < 4.78 is 1.49. The predicted molar refractivity (Wildman–Crippen MR) is 87.8 cm³/mol. The van der Waals surface area contributed by atoms with Gasteiger partial charge in [0.15, 0.2) is 5.78 Å². The maximum absolute atomic E-state index is 12.0. The molecule has 0 aliphatic heterocycles. The predicted octanol–water partition coefficient (Wildman–Crippen LogP) is 2.26. The van der Waals surface area contributed by atoms with Gasteiger partial charge in [-0.1, -0.05) is 36.4 Å². The van der Waals surface area contributed by atoms with E-state index >= 15 is 0 Å². The molecule has 0 spiro atoms. The summed E-state index contributed by atoms with van der Waals surface area (Å²) in [6.45, 7) is 0. The molecule has 0 aliphatic rings. The van der Waals surface area contributed by atoms with E-state index in [0.717, 1.165) is 5.69 Å². The Morgan fingerprint density at radius 2 is 1.83 bits per heavy atom. The molecule has 7 nitrogen and oxygen atoms in total. The Labute approximate surface area is 138 Å². The number of nitrogens with zero attached hydrogens (tertiary/aromatic N) is 4. The Hall–Kier alpha value is -3.35. The number of hydrogen-bond donors (Lipinski definition) is 1. The molecule has 0 saturated heterocycles. The van der Waals surface area contributed by atoms with Gasteiger partial charge < -0.3 is 5.32 Å². The van der Waals surface area contributed by atoms with E-state index in [1.807, 2.05) is 12.1 Å². The highest BCUT2D eigenvalue weighted by atomic mass is 16.2. The molecule has 0 unspecified atom stereocenters. The van der Waals surface area contributed by atoms with Crippen molar-refractivity contribution >= 4 is 17.4 Å². The third-order valence-corrected chi connectivity index (χ3v) is 3.42. The van der Waals surface area contributed by atoms with Crippen molar-refractivity contribution in [1.82, 2.24) is 20.2 Å². The molecule has 0 aliphatic carbocycles. The number of carbonyl (C=O) groups excluding carboxylic acids is 2. The van der Waals surface area contributed by atoms with Gasteiger partial charge in [-0.25, -0.2) is 4.68 Å². The second-order valence-corrected chi connectivity index (χ2v) is 5.14. The smallest absolute Gasteiger partial charge is 0.224 e. The standard InChI is InChI=1S/C17H15N5O2/c23-16(13-5-2-1-3-6-13)9-10-17(24)19-14-7-4-8-15(11-14)22-12-18-20-21-22/h1-8,11-12H,9-10H2,(H,19,24). The fourth-order valence-electron chi connectivity index (χ4n) is 2.22. The number of Topliss-reactive ketones (excluding diaryl/α,β-unsaturated/α-hetero) is 1. The molecule has 24 heavy (non-hydrogen) atoms. The van der Waals surface area contributed by atoms with E-state index in [1.165, 1.54) is 11.0 Å². The molecule has 1 heterocycles. The molecule has 0 bridgehead atoms. The quantitative estimate of drug-likeness (QED) is 0.703. The van der Waals surface area contributed by atoms with Crippen LogP contribution in [0.4, 0.5) is 5.69 Å². The van der Waals surface area contributed by atoms with Gasteiger partial charge in [-0.05, 0) is 28.6 Å². The first-order chi connectivity index (χ1) is 11.7. The lowest BCUT2D eigenvalue weighted by atomic mass is 10.1. The number of ketones is 1. The van der Waals surface area contributed by atoms with Crippen molar-refractivity contribution in [3.63, 3.8) is 0 Å². The largest absolute Gasteiger partial charge is 0.326 e. The Bertz CT molecular complexity index is 831. The van der Waals surface area contributed by atoms with Gasteiger partial charge >= 0.3 is 0 Å². The van der Waals surface area contributed by atoms with Gasteiger partial charge in [0, 0.05) is 24.1 Å². The molecule has 3 rings (SSSR count). The molecule has 2 aromatic carbocycles. The first-order valence-corrected chi connectivity index (χ1v) is 7.44. The van der Waals surface area contributed by atoms with Crippen molar-refractivity contribution in [3.05, 3.63) is 66.5 Å². The van der Waals surface area contributed by atoms with Gasteiger partial charge in [-0.2, -0.15) is 0 Å². The first-order valence-electron chi connectivity index (χ1n) is 7.44. The summed E-state index contributed by atoms with van der Waals surface area (Å²) in [5.41, 5.74) is 1.98. The number of hydrogen-bond acceptors (Lipinski definition) is 5. The van der Waals surface area contributed by atoms with Crippen molar-refractivity contribution in [2.24, 2.45) is 0 Å². The zero-order valence-corrected chi connectivity index (χ0v) is 12.8. The number of nitrogens with one attached hydrogen (secondary N) is 1. The number of amides is 1. The molecule has 0 fully saturated rings. The topological polar surface area (TPSA) is 89.8 Å². The normalized spacial score (nSPS) is 10.3. The highest BCUT2D eigenvalue weighted by Gasteiger charge is 2.09. The number of benzene rings is 2. The van der Waals surface area contributed by atoms with Crippen molar-refractivity contribution < 1.29 is 9.59 Å². The van der Waals surface area contributed by atoms with Crippen molar-refractivity contribution in [2.75, 3.05) is 5.32 Å². The summed E-state index contributed by atoms with van der Waals surface area (Å²) >= 11 is 0. The fourth-order valence-corrected chi connectivity index (χ4v) is 2.22. The molecule has 0 radical (unpaired) electrons. The van der Waals surface area contributed by atoms with Crippen LogP contribution in [0.2, 0.25) is 0 Å². The summed E-state index contributed by atoms with van der Waals surface area (Å²) in [7, 11) is 0. The number of carbonyl (C=O) groups is 2. The number of tetrazole rings is 1. The number of rotatable bonds is 6. The zero-order chi connectivity index (χ0) is 16.8. The van der Waals surface area contributed by atoms with E-state index in [0.29, 0.717) is 11.3 Å². The van der Waals surface area contributed by atoms with Gasteiger partial charge in [-0.15, -0.1) is 5.10 Å². The highest BCUT2D eigenvalue weighted by molar-refractivity contribution is 6.00. The lowest BCUT2D eigenvalue weighted by molar-refractivity contribution is -0.116. The minimum atomic E-state index is -0.215. The average molecular weight is 321 g/mol. The maximum Gasteiger partial charge on any atom is 0.224 e. The van der Waals surface area contributed by atoms with E-state index < -0.39 is 0 Å². The van der Waals surface area contributed by atoms with Crippen LogP contribution in [0.5, 0.6) is 0 Å². The SMILES string of the molecule is O=C(CCC(=O)c1ccccc1)Nc1cccc(-n2cnnn2)c1. The molecule has 0 saturated carbocycles. The molecule has 7 heteroatoms. The molecule has 1 N–H and O–H groups in total. The third kappa shape index (κ3) is 3.89. The second-order valence-electron chi connectivity index (χ2n) is 5.14. The third-order valence-electron chi connectivity index (χ3n) is 3.42. The summed E-state index contributed by atoms with van der Waals surface area (Å²) in [6, 6.07) is 16.1. The van der Waals surface area contributed by atoms with Crippen LogP contribution >= 0.6 is 0 Å². The second kappa shape index (κ2) is 7.28. The minimum Gasteiger partial charge on any atom is -0.326 e. The Kier molecular flexibility index (Phi) is 4.71. The molecule has 1 aromatic heterocycles. The molecule has 1 amide bonds. The van der Waals surface area contributed by atoms with Gasteiger partial charge in [0.05, 0.1) is 5.69 Å². The Morgan fingerprint density at radius 3 is 2.58 bits per heavy atom. The Balaban J connectivity index is 1.57. The van der Waals surface area contributed by atoms with Crippen molar-refractivity contribution in [3.8, 4) is 5.69 Å². The highest BCUT2D eigenvalue weighted by Crippen LogP contribution is 2.14. The first kappa shape index (κ1) is 15.5. The Morgan fingerprint density at radius 1 is 1.00 bits per heavy atom. The van der Waals surface area contributed by atoms with Crippen LogP contribution in [-0.2, 0) is 4.79 Å². The maximum atomic E-state index is 12.0. The summed E-state index contributed by atoms with van der Waals surface area (Å²) in [6.07, 6.45) is 1.77. The van der Waals surface area contributed by atoms with Crippen LogP contribution in [0, 0.1) is 0 Å². The average Bonchev–Trinajstić information content (AvgIpc) is 3.15. The number of anilines is 1.